The number of rotatable bonds is 5. The molecule has 1 aromatic carbocycles. The molecular formula is C14H15ClN2O3. The summed E-state index contributed by atoms with van der Waals surface area (Å²) < 4.78 is 7.50. The molecule has 0 radical (unpaired) electrons. The number of alkyl halides is 1. The number of hydrogen-bond acceptors (Lipinski definition) is 3. The lowest BCUT2D eigenvalue weighted by Gasteiger charge is -2.27. The number of carboxylic acids is 1. The summed E-state index contributed by atoms with van der Waals surface area (Å²) in [5.41, 5.74) is 1.90. The Morgan fingerprint density at radius 1 is 1.55 bits per heavy atom. The minimum Gasteiger partial charge on any atom is -0.478 e. The van der Waals surface area contributed by atoms with Crippen molar-refractivity contribution < 1.29 is 14.6 Å². The number of carbonyl (C=O) groups is 1. The number of benzene rings is 1. The lowest BCUT2D eigenvalue weighted by atomic mass is 10.1. The van der Waals surface area contributed by atoms with Gasteiger partial charge in [-0.3, -0.25) is 0 Å². The molecular weight excluding hydrogens is 280 g/mol. The van der Waals surface area contributed by atoms with Gasteiger partial charge in [0.25, 0.3) is 0 Å². The van der Waals surface area contributed by atoms with Gasteiger partial charge < -0.3 is 14.4 Å². The fourth-order valence-electron chi connectivity index (χ4n) is 2.42. The smallest absolute Gasteiger partial charge is 0.335 e. The lowest BCUT2D eigenvalue weighted by molar-refractivity contribution is -0.0589. The molecule has 0 saturated carbocycles. The monoisotopic (exact) mass is 294 g/mol. The van der Waals surface area contributed by atoms with Crippen LogP contribution in [-0.2, 0) is 17.7 Å². The van der Waals surface area contributed by atoms with Crippen LogP contribution >= 0.6 is 11.6 Å². The molecule has 1 aliphatic heterocycles. The number of halogens is 1. The van der Waals surface area contributed by atoms with Crippen molar-refractivity contribution in [2.24, 2.45) is 0 Å². The van der Waals surface area contributed by atoms with E-state index in [1.807, 2.05) is 4.57 Å². The number of aromatic nitrogens is 2. The van der Waals surface area contributed by atoms with Crippen LogP contribution in [0.2, 0.25) is 0 Å². The Bertz CT molecular complexity index is 649. The van der Waals surface area contributed by atoms with Crippen molar-refractivity contribution >= 4 is 28.6 Å². The van der Waals surface area contributed by atoms with Gasteiger partial charge in [0.15, 0.2) is 0 Å². The number of aromatic carboxylic acids is 1. The van der Waals surface area contributed by atoms with Crippen LogP contribution in [0.1, 0.15) is 22.6 Å². The molecule has 3 rings (SSSR count). The van der Waals surface area contributed by atoms with Gasteiger partial charge in [0, 0.05) is 18.9 Å². The van der Waals surface area contributed by atoms with E-state index in [4.69, 9.17) is 21.4 Å². The van der Waals surface area contributed by atoms with E-state index >= 15 is 0 Å². The number of aryl methyl sites for hydroxylation is 1. The average molecular weight is 295 g/mol. The van der Waals surface area contributed by atoms with Crippen molar-refractivity contribution in [1.82, 2.24) is 9.55 Å². The Morgan fingerprint density at radius 3 is 2.95 bits per heavy atom. The molecule has 1 fully saturated rings. The Morgan fingerprint density at radius 2 is 2.35 bits per heavy atom. The summed E-state index contributed by atoms with van der Waals surface area (Å²) in [4.78, 5) is 15.6. The molecule has 1 aromatic heterocycles. The predicted molar refractivity (Wildman–Crippen MR) is 75.5 cm³/mol. The number of hydrogen-bond donors (Lipinski definition) is 1. The molecule has 5 nitrogen and oxygen atoms in total. The molecule has 1 N–H and O–H groups in total. The predicted octanol–water partition coefficient (Wildman–Crippen LogP) is 2.30. The van der Waals surface area contributed by atoms with Crippen LogP contribution in [0.25, 0.3) is 11.0 Å². The van der Waals surface area contributed by atoms with Crippen LogP contribution in [-0.4, -0.2) is 39.2 Å². The standard InChI is InChI=1S/C14H15ClN2O3/c15-5-3-13-16-11-2-1-9(14(18)19)7-12(11)17(13)8-10-4-6-20-10/h1-2,7,10H,3-6,8H2,(H,18,19)/t10-/m0/s1. The maximum Gasteiger partial charge on any atom is 0.335 e. The molecule has 1 aliphatic rings. The second-order valence-corrected chi connectivity index (χ2v) is 5.25. The highest BCUT2D eigenvalue weighted by atomic mass is 35.5. The van der Waals surface area contributed by atoms with Gasteiger partial charge in [-0.1, -0.05) is 0 Å². The quantitative estimate of drug-likeness (QED) is 0.860. The topological polar surface area (TPSA) is 64.3 Å². The summed E-state index contributed by atoms with van der Waals surface area (Å²) in [6.45, 7) is 1.49. The summed E-state index contributed by atoms with van der Waals surface area (Å²) in [6.07, 6.45) is 1.87. The summed E-state index contributed by atoms with van der Waals surface area (Å²) >= 11 is 5.82. The number of ether oxygens (including phenoxy) is 1. The number of imidazole rings is 1. The van der Waals surface area contributed by atoms with Crippen LogP contribution in [0.4, 0.5) is 0 Å². The molecule has 6 heteroatoms. The number of fused-ring (bicyclic) bond motifs is 1. The van der Waals surface area contributed by atoms with Crippen LogP contribution in [0.5, 0.6) is 0 Å². The van der Waals surface area contributed by atoms with Gasteiger partial charge in [-0.25, -0.2) is 9.78 Å². The molecule has 0 spiro atoms. The van der Waals surface area contributed by atoms with E-state index in [2.05, 4.69) is 4.98 Å². The van der Waals surface area contributed by atoms with E-state index in [0.29, 0.717) is 18.8 Å². The SMILES string of the molecule is O=C(O)c1ccc2nc(CCCl)n(C[C@@H]3CCO3)c2c1. The summed E-state index contributed by atoms with van der Waals surface area (Å²) in [7, 11) is 0. The van der Waals surface area contributed by atoms with E-state index in [-0.39, 0.29) is 11.7 Å². The van der Waals surface area contributed by atoms with E-state index in [0.717, 1.165) is 29.9 Å². The van der Waals surface area contributed by atoms with Crippen LogP contribution in [0, 0.1) is 0 Å². The molecule has 0 aliphatic carbocycles. The van der Waals surface area contributed by atoms with Crippen molar-refractivity contribution in [2.45, 2.75) is 25.5 Å². The zero-order chi connectivity index (χ0) is 14.1. The largest absolute Gasteiger partial charge is 0.478 e. The normalized spacial score (nSPS) is 18.1. The van der Waals surface area contributed by atoms with Crippen molar-refractivity contribution in [3.63, 3.8) is 0 Å². The van der Waals surface area contributed by atoms with Crippen molar-refractivity contribution in [1.29, 1.82) is 0 Å². The van der Waals surface area contributed by atoms with E-state index in [1.165, 1.54) is 0 Å². The van der Waals surface area contributed by atoms with Gasteiger partial charge in [0.05, 0.1) is 29.2 Å². The first-order valence-corrected chi connectivity index (χ1v) is 7.12. The van der Waals surface area contributed by atoms with E-state index in [1.54, 1.807) is 18.2 Å². The van der Waals surface area contributed by atoms with Crippen molar-refractivity contribution in [2.75, 3.05) is 12.5 Å². The van der Waals surface area contributed by atoms with Crippen LogP contribution in [0.15, 0.2) is 18.2 Å². The average Bonchev–Trinajstić information content (AvgIpc) is 2.71. The number of nitrogens with zero attached hydrogens (tertiary/aromatic N) is 2. The van der Waals surface area contributed by atoms with Crippen LogP contribution < -0.4 is 0 Å². The maximum atomic E-state index is 11.1. The zero-order valence-corrected chi connectivity index (χ0v) is 11.6. The third kappa shape index (κ3) is 2.39. The molecule has 1 atom stereocenters. The molecule has 106 valence electrons. The lowest BCUT2D eigenvalue weighted by Crippen LogP contribution is -2.31. The van der Waals surface area contributed by atoms with E-state index < -0.39 is 5.97 Å². The zero-order valence-electron chi connectivity index (χ0n) is 10.9. The Kier molecular flexibility index (Phi) is 3.63. The Hall–Kier alpha value is -1.59. The minimum absolute atomic E-state index is 0.190. The molecule has 2 aromatic rings. The van der Waals surface area contributed by atoms with Crippen LogP contribution in [0.3, 0.4) is 0 Å². The maximum absolute atomic E-state index is 11.1. The highest BCUT2D eigenvalue weighted by Gasteiger charge is 2.22. The molecule has 20 heavy (non-hydrogen) atoms. The summed E-state index contributed by atoms with van der Waals surface area (Å²) in [5.74, 6) is 0.437. The molecule has 0 amide bonds. The highest BCUT2D eigenvalue weighted by Crippen LogP contribution is 2.22. The highest BCUT2D eigenvalue weighted by molar-refractivity contribution is 6.17. The Balaban J connectivity index is 2.06. The molecule has 0 bridgehead atoms. The van der Waals surface area contributed by atoms with Crippen molar-refractivity contribution in [3.05, 3.63) is 29.6 Å². The van der Waals surface area contributed by atoms with Gasteiger partial charge in [-0.15, -0.1) is 11.6 Å². The summed E-state index contributed by atoms with van der Waals surface area (Å²) in [5, 5.41) is 9.11. The van der Waals surface area contributed by atoms with E-state index in [9.17, 15) is 4.79 Å². The van der Waals surface area contributed by atoms with Gasteiger partial charge in [-0.2, -0.15) is 0 Å². The fourth-order valence-corrected chi connectivity index (χ4v) is 2.59. The van der Waals surface area contributed by atoms with Gasteiger partial charge >= 0.3 is 5.97 Å². The molecule has 2 heterocycles. The first-order valence-electron chi connectivity index (χ1n) is 6.59. The fraction of sp³-hybridized carbons (Fsp3) is 0.429. The number of carboxylic acid groups (broad SMARTS) is 1. The Labute approximate surface area is 121 Å². The van der Waals surface area contributed by atoms with Gasteiger partial charge in [0.2, 0.25) is 0 Å². The van der Waals surface area contributed by atoms with Crippen molar-refractivity contribution in [3.8, 4) is 0 Å². The van der Waals surface area contributed by atoms with Gasteiger partial charge in [-0.05, 0) is 24.6 Å². The minimum atomic E-state index is -0.932. The first kappa shape index (κ1) is 13.4. The third-order valence-electron chi connectivity index (χ3n) is 3.57. The third-order valence-corrected chi connectivity index (χ3v) is 3.76. The second-order valence-electron chi connectivity index (χ2n) is 4.87. The first-order chi connectivity index (χ1) is 9.69. The van der Waals surface area contributed by atoms with Gasteiger partial charge in [0.1, 0.15) is 5.82 Å². The molecule has 1 saturated heterocycles. The molecule has 0 unspecified atom stereocenters. The second kappa shape index (κ2) is 5.42. The summed E-state index contributed by atoms with van der Waals surface area (Å²) in [6, 6.07) is 4.99.